The molecule has 2 aromatic carbocycles. The minimum Gasteiger partial charge on any atom is -0.488 e. The normalized spacial score (nSPS) is 16.1. The lowest BCUT2D eigenvalue weighted by atomic mass is 10.0. The molecule has 14 nitrogen and oxygen atoms in total. The van der Waals surface area contributed by atoms with Gasteiger partial charge in [0.1, 0.15) is 34.7 Å². The molecule has 0 radical (unpaired) electrons. The van der Waals surface area contributed by atoms with Crippen molar-refractivity contribution in [2.24, 2.45) is 0 Å². The van der Waals surface area contributed by atoms with Gasteiger partial charge in [0.05, 0.1) is 32.3 Å². The fourth-order valence-corrected chi connectivity index (χ4v) is 6.42. The number of aromatic nitrogens is 3. The van der Waals surface area contributed by atoms with Gasteiger partial charge in [0.15, 0.2) is 0 Å². The summed E-state index contributed by atoms with van der Waals surface area (Å²) < 4.78 is 73.8. The van der Waals surface area contributed by atoms with Crippen molar-refractivity contribution in [3.05, 3.63) is 65.4 Å². The van der Waals surface area contributed by atoms with E-state index in [1.165, 1.54) is 49.1 Å². The van der Waals surface area contributed by atoms with Crippen molar-refractivity contribution in [2.45, 2.75) is 25.5 Å². The standard InChI is InChI=1S/C32H35F2N7O7S/c1-46-31-26(39-49(2,44)45)14-21(17-35-31)28-24-15-22(33)16-27(29(24)37-32(36-28)41-9-11-47-12-10-41)48-23-5-7-40(8-6-23)18-20-4-3-19(13-25(20)34)30(42)38-43/h3-4,13-17,23,39,43H,5-12,18H2,1-2H3,(H,38,42). The van der Waals surface area contributed by atoms with Gasteiger partial charge >= 0.3 is 0 Å². The van der Waals surface area contributed by atoms with E-state index < -0.39 is 27.6 Å². The Hall–Kier alpha value is -4.71. The molecule has 0 aliphatic carbocycles. The van der Waals surface area contributed by atoms with Gasteiger partial charge in [-0.1, -0.05) is 6.07 Å². The fourth-order valence-electron chi connectivity index (χ4n) is 5.87. The van der Waals surface area contributed by atoms with Crippen LogP contribution < -0.4 is 24.6 Å². The number of hydrogen-bond donors (Lipinski definition) is 3. The van der Waals surface area contributed by atoms with Crippen LogP contribution in [0, 0.1) is 11.6 Å². The first-order chi connectivity index (χ1) is 23.5. The number of sulfonamides is 1. The molecule has 4 aromatic rings. The van der Waals surface area contributed by atoms with E-state index in [0.29, 0.717) is 92.5 Å². The highest BCUT2D eigenvalue weighted by atomic mass is 32.2. The predicted octanol–water partition coefficient (Wildman–Crippen LogP) is 3.35. The number of amides is 1. The van der Waals surface area contributed by atoms with Crippen molar-refractivity contribution in [3.8, 4) is 22.9 Å². The van der Waals surface area contributed by atoms with Crippen LogP contribution in [0.15, 0.2) is 42.6 Å². The van der Waals surface area contributed by atoms with Crippen molar-refractivity contribution in [3.63, 3.8) is 0 Å². The van der Waals surface area contributed by atoms with E-state index in [1.807, 2.05) is 4.90 Å². The molecule has 0 saturated carbocycles. The SMILES string of the molecule is COc1ncc(-c2nc(N3CCOCC3)nc3c(OC4CCN(Cc5ccc(C(=O)NO)cc5F)CC4)cc(F)cc23)cc1NS(C)(=O)=O. The van der Waals surface area contributed by atoms with Crippen LogP contribution in [-0.4, -0.2) is 98.2 Å². The number of piperidine rings is 1. The number of fused-ring (bicyclic) bond motifs is 1. The number of nitrogens with zero attached hydrogens (tertiary/aromatic N) is 5. The number of anilines is 2. The van der Waals surface area contributed by atoms with Crippen molar-refractivity contribution in [1.82, 2.24) is 25.3 Å². The fraction of sp³-hybridized carbons (Fsp3) is 0.375. The van der Waals surface area contributed by atoms with Gasteiger partial charge in [0, 0.05) is 67.1 Å². The van der Waals surface area contributed by atoms with Crippen LogP contribution in [0.1, 0.15) is 28.8 Å². The number of likely N-dealkylation sites (tertiary alicyclic amines) is 1. The zero-order valence-electron chi connectivity index (χ0n) is 26.8. The molecule has 0 spiro atoms. The van der Waals surface area contributed by atoms with Gasteiger partial charge in [0.2, 0.25) is 21.9 Å². The number of ether oxygens (including phenoxy) is 3. The second-order valence-electron chi connectivity index (χ2n) is 11.8. The van der Waals surface area contributed by atoms with Gasteiger partial charge in [0.25, 0.3) is 5.91 Å². The molecule has 3 N–H and O–H groups in total. The Bertz CT molecular complexity index is 1970. The van der Waals surface area contributed by atoms with Crippen LogP contribution in [0.2, 0.25) is 0 Å². The number of methoxy groups -OCH3 is 1. The summed E-state index contributed by atoms with van der Waals surface area (Å²) in [6.07, 6.45) is 3.33. The van der Waals surface area contributed by atoms with Crippen LogP contribution >= 0.6 is 0 Å². The maximum absolute atomic E-state index is 15.3. The van der Waals surface area contributed by atoms with Crippen LogP contribution in [0.5, 0.6) is 11.6 Å². The number of halogens is 2. The highest BCUT2D eigenvalue weighted by Crippen LogP contribution is 2.37. The number of pyridine rings is 1. The first kappa shape index (κ1) is 34.2. The van der Waals surface area contributed by atoms with E-state index in [4.69, 9.17) is 29.4 Å². The molecular weight excluding hydrogens is 664 g/mol. The molecule has 2 aliphatic rings. The highest BCUT2D eigenvalue weighted by molar-refractivity contribution is 7.92. The van der Waals surface area contributed by atoms with Crippen molar-refractivity contribution >= 4 is 38.5 Å². The Labute approximate surface area is 281 Å². The third-order valence-electron chi connectivity index (χ3n) is 8.26. The number of hydrogen-bond acceptors (Lipinski definition) is 12. The van der Waals surface area contributed by atoms with Gasteiger partial charge in [-0.25, -0.2) is 37.6 Å². The Kier molecular flexibility index (Phi) is 10.0. The zero-order chi connectivity index (χ0) is 34.7. The summed E-state index contributed by atoms with van der Waals surface area (Å²) in [4.78, 5) is 29.5. The average Bonchev–Trinajstić information content (AvgIpc) is 3.09. The molecule has 2 aliphatic heterocycles. The summed E-state index contributed by atoms with van der Waals surface area (Å²) in [5, 5.41) is 9.15. The molecule has 0 atom stereocenters. The van der Waals surface area contributed by atoms with Gasteiger partial charge in [-0.2, -0.15) is 0 Å². The third-order valence-corrected chi connectivity index (χ3v) is 8.86. The largest absolute Gasteiger partial charge is 0.488 e. The number of rotatable bonds is 10. The number of carbonyl (C=O) groups is 1. The van der Waals surface area contributed by atoms with Crippen molar-refractivity contribution in [1.29, 1.82) is 0 Å². The van der Waals surface area contributed by atoms with E-state index >= 15 is 4.39 Å². The smallest absolute Gasteiger partial charge is 0.274 e. The quantitative estimate of drug-likeness (QED) is 0.163. The van der Waals surface area contributed by atoms with Crippen LogP contribution in [0.25, 0.3) is 22.2 Å². The van der Waals surface area contributed by atoms with Gasteiger partial charge in [-0.15, -0.1) is 0 Å². The molecule has 1 amide bonds. The summed E-state index contributed by atoms with van der Waals surface area (Å²) in [7, 11) is -2.32. The first-order valence-corrected chi connectivity index (χ1v) is 17.4. The lowest BCUT2D eigenvalue weighted by molar-refractivity contribution is 0.0705. The Morgan fingerprint density at radius 3 is 2.51 bits per heavy atom. The molecule has 0 bridgehead atoms. The van der Waals surface area contributed by atoms with Crippen LogP contribution in [0.4, 0.5) is 20.4 Å². The molecule has 49 heavy (non-hydrogen) atoms. The number of morpholine rings is 1. The predicted molar refractivity (Wildman–Crippen MR) is 175 cm³/mol. The molecule has 0 unspecified atom stereocenters. The molecule has 2 saturated heterocycles. The molecular formula is C32H35F2N7O7S. The Morgan fingerprint density at radius 1 is 1.08 bits per heavy atom. The average molecular weight is 700 g/mol. The summed E-state index contributed by atoms with van der Waals surface area (Å²) in [6.45, 7) is 3.46. The molecule has 4 heterocycles. The molecule has 2 aromatic heterocycles. The minimum absolute atomic E-state index is 0.0104. The third kappa shape index (κ3) is 7.96. The molecule has 2 fully saturated rings. The van der Waals surface area contributed by atoms with Gasteiger partial charge in [-0.05, 0) is 37.1 Å². The highest BCUT2D eigenvalue weighted by Gasteiger charge is 2.26. The monoisotopic (exact) mass is 699 g/mol. The molecule has 17 heteroatoms. The summed E-state index contributed by atoms with van der Waals surface area (Å²) in [6, 6.07) is 8.16. The maximum atomic E-state index is 15.3. The minimum atomic E-state index is -3.69. The second-order valence-corrected chi connectivity index (χ2v) is 13.5. The van der Waals surface area contributed by atoms with Gasteiger partial charge < -0.3 is 19.1 Å². The van der Waals surface area contributed by atoms with E-state index in [9.17, 15) is 17.6 Å². The number of carbonyl (C=O) groups excluding carboxylic acids is 1. The van der Waals surface area contributed by atoms with Crippen molar-refractivity contribution in [2.75, 3.05) is 62.4 Å². The number of benzene rings is 2. The Balaban J connectivity index is 1.29. The van der Waals surface area contributed by atoms with Crippen LogP contribution in [0.3, 0.4) is 0 Å². The molecule has 260 valence electrons. The number of hydroxylamine groups is 1. The summed E-state index contributed by atoms with van der Waals surface area (Å²) in [5.41, 5.74) is 3.10. The van der Waals surface area contributed by atoms with E-state index in [2.05, 4.69) is 14.6 Å². The zero-order valence-corrected chi connectivity index (χ0v) is 27.6. The summed E-state index contributed by atoms with van der Waals surface area (Å²) in [5.74, 6) is -1.27. The van der Waals surface area contributed by atoms with E-state index in [0.717, 1.165) is 12.3 Å². The van der Waals surface area contributed by atoms with E-state index in [1.54, 1.807) is 0 Å². The number of nitrogens with one attached hydrogen (secondary N) is 2. The van der Waals surface area contributed by atoms with Crippen LogP contribution in [-0.2, 0) is 21.3 Å². The van der Waals surface area contributed by atoms with E-state index in [-0.39, 0.29) is 29.0 Å². The lowest BCUT2D eigenvalue weighted by Crippen LogP contribution is -2.38. The topological polar surface area (TPSA) is 168 Å². The molecule has 6 rings (SSSR count). The van der Waals surface area contributed by atoms with Gasteiger partial charge in [-0.3, -0.25) is 19.6 Å². The second kappa shape index (κ2) is 14.4. The Morgan fingerprint density at radius 2 is 1.84 bits per heavy atom. The summed E-state index contributed by atoms with van der Waals surface area (Å²) >= 11 is 0. The van der Waals surface area contributed by atoms with Crippen molar-refractivity contribution < 1.29 is 41.4 Å². The lowest BCUT2D eigenvalue weighted by Gasteiger charge is -2.32. The maximum Gasteiger partial charge on any atom is 0.274 e. The first-order valence-electron chi connectivity index (χ1n) is 15.5.